The largest absolute Gasteiger partial charge is 0.452 e. The van der Waals surface area contributed by atoms with Gasteiger partial charge in [0.15, 0.2) is 17.9 Å². The standard InChI is InChI=1S/C13H7ClFNO4/c14-10-6-9(16(18)19)4-5-12(10)20-13-8(7-17)2-1-3-11(13)15/h1-7H. The Kier molecular flexibility index (Phi) is 3.95. The maximum absolute atomic E-state index is 13.6. The molecule has 0 amide bonds. The Balaban J connectivity index is 2.40. The van der Waals surface area contributed by atoms with E-state index in [-0.39, 0.29) is 27.8 Å². The number of rotatable bonds is 4. The Morgan fingerprint density at radius 3 is 2.65 bits per heavy atom. The first-order valence-corrected chi connectivity index (χ1v) is 5.76. The van der Waals surface area contributed by atoms with Gasteiger partial charge in [-0.05, 0) is 18.2 Å². The van der Waals surface area contributed by atoms with Gasteiger partial charge in [-0.15, -0.1) is 0 Å². The molecule has 0 fully saturated rings. The van der Waals surface area contributed by atoms with Crippen molar-refractivity contribution in [1.82, 2.24) is 0 Å². The monoisotopic (exact) mass is 295 g/mol. The van der Waals surface area contributed by atoms with Gasteiger partial charge < -0.3 is 4.74 Å². The summed E-state index contributed by atoms with van der Waals surface area (Å²) in [6.45, 7) is 0. The number of nitro benzene ring substituents is 1. The first-order valence-electron chi connectivity index (χ1n) is 5.38. The number of hydrogen-bond acceptors (Lipinski definition) is 4. The van der Waals surface area contributed by atoms with Crippen molar-refractivity contribution in [1.29, 1.82) is 0 Å². The van der Waals surface area contributed by atoms with E-state index < -0.39 is 10.7 Å². The molecule has 7 heteroatoms. The lowest BCUT2D eigenvalue weighted by molar-refractivity contribution is -0.384. The van der Waals surface area contributed by atoms with Gasteiger partial charge in [0.1, 0.15) is 5.75 Å². The lowest BCUT2D eigenvalue weighted by Crippen LogP contribution is -1.95. The number of non-ortho nitro benzene ring substituents is 1. The third-order valence-electron chi connectivity index (χ3n) is 2.46. The summed E-state index contributed by atoms with van der Waals surface area (Å²) in [5.74, 6) is -0.993. The quantitative estimate of drug-likeness (QED) is 0.486. The predicted octanol–water partition coefficient (Wildman–Crippen LogP) is 3.99. The minimum absolute atomic E-state index is 0.0134. The maximum atomic E-state index is 13.6. The fraction of sp³-hybridized carbons (Fsp3) is 0. The van der Waals surface area contributed by atoms with E-state index in [1.54, 1.807) is 0 Å². The zero-order chi connectivity index (χ0) is 14.7. The Bertz CT molecular complexity index is 690. The van der Waals surface area contributed by atoms with Crippen LogP contribution >= 0.6 is 11.6 Å². The highest BCUT2D eigenvalue weighted by Gasteiger charge is 2.15. The van der Waals surface area contributed by atoms with Gasteiger partial charge in [-0.1, -0.05) is 17.7 Å². The van der Waals surface area contributed by atoms with Gasteiger partial charge in [0.05, 0.1) is 15.5 Å². The van der Waals surface area contributed by atoms with Crippen LogP contribution in [-0.4, -0.2) is 11.2 Å². The minimum Gasteiger partial charge on any atom is -0.452 e. The topological polar surface area (TPSA) is 69.4 Å². The van der Waals surface area contributed by atoms with E-state index in [2.05, 4.69) is 0 Å². The molecule has 20 heavy (non-hydrogen) atoms. The average molecular weight is 296 g/mol. The molecule has 5 nitrogen and oxygen atoms in total. The Morgan fingerprint density at radius 2 is 2.05 bits per heavy atom. The van der Waals surface area contributed by atoms with E-state index in [0.717, 1.165) is 12.1 Å². The van der Waals surface area contributed by atoms with Crippen molar-refractivity contribution in [2.24, 2.45) is 0 Å². The highest BCUT2D eigenvalue weighted by atomic mass is 35.5. The second-order valence-corrected chi connectivity index (χ2v) is 4.16. The maximum Gasteiger partial charge on any atom is 0.271 e. The number of halogens is 2. The summed E-state index contributed by atoms with van der Waals surface area (Å²) in [6, 6.07) is 7.36. The summed E-state index contributed by atoms with van der Waals surface area (Å²) in [6.07, 6.45) is 0.442. The second kappa shape index (κ2) is 5.66. The molecule has 102 valence electrons. The molecule has 0 aliphatic rings. The van der Waals surface area contributed by atoms with Crippen molar-refractivity contribution in [2.75, 3.05) is 0 Å². The molecule has 0 bridgehead atoms. The number of nitrogens with zero attached hydrogens (tertiary/aromatic N) is 1. The van der Waals surface area contributed by atoms with Gasteiger partial charge in [0, 0.05) is 12.1 Å². The summed E-state index contributed by atoms with van der Waals surface area (Å²) >= 11 is 5.83. The Hall–Kier alpha value is -2.47. The van der Waals surface area contributed by atoms with Crippen LogP contribution < -0.4 is 4.74 Å². The van der Waals surface area contributed by atoms with Crippen molar-refractivity contribution >= 4 is 23.6 Å². The van der Waals surface area contributed by atoms with E-state index in [4.69, 9.17) is 16.3 Å². The third-order valence-corrected chi connectivity index (χ3v) is 2.76. The van der Waals surface area contributed by atoms with Crippen molar-refractivity contribution in [3.63, 3.8) is 0 Å². The number of aldehydes is 1. The van der Waals surface area contributed by atoms with Crippen LogP contribution in [0.1, 0.15) is 10.4 Å². The number of para-hydroxylation sites is 1. The van der Waals surface area contributed by atoms with Crippen LogP contribution in [0, 0.1) is 15.9 Å². The molecule has 0 N–H and O–H groups in total. The molecule has 0 radical (unpaired) electrons. The van der Waals surface area contributed by atoms with Crippen LogP contribution in [0.25, 0.3) is 0 Å². The van der Waals surface area contributed by atoms with Crippen LogP contribution in [0.4, 0.5) is 10.1 Å². The van der Waals surface area contributed by atoms with Gasteiger partial charge in [-0.2, -0.15) is 0 Å². The van der Waals surface area contributed by atoms with Gasteiger partial charge >= 0.3 is 0 Å². The molecule has 0 atom stereocenters. The normalized spacial score (nSPS) is 10.1. The summed E-state index contributed by atoms with van der Waals surface area (Å²) in [7, 11) is 0. The van der Waals surface area contributed by atoms with Crippen LogP contribution in [0.15, 0.2) is 36.4 Å². The zero-order valence-corrected chi connectivity index (χ0v) is 10.6. The summed E-state index contributed by atoms with van der Waals surface area (Å²) < 4.78 is 18.9. The molecule has 2 aromatic rings. The van der Waals surface area contributed by atoms with Crippen LogP contribution in [0.3, 0.4) is 0 Å². The number of carbonyl (C=O) groups is 1. The highest BCUT2D eigenvalue weighted by molar-refractivity contribution is 6.32. The molecule has 0 saturated heterocycles. The molecule has 0 aromatic heterocycles. The molecular weight excluding hydrogens is 289 g/mol. The fourth-order valence-corrected chi connectivity index (χ4v) is 1.74. The summed E-state index contributed by atoms with van der Waals surface area (Å²) in [4.78, 5) is 20.8. The summed E-state index contributed by atoms with van der Waals surface area (Å²) in [5.41, 5.74) is -0.203. The van der Waals surface area contributed by atoms with E-state index in [1.807, 2.05) is 0 Å². The molecule has 0 spiro atoms. The van der Waals surface area contributed by atoms with E-state index in [9.17, 15) is 19.3 Å². The molecule has 0 saturated carbocycles. The number of hydrogen-bond donors (Lipinski definition) is 0. The minimum atomic E-state index is -0.732. The van der Waals surface area contributed by atoms with Gasteiger partial charge in [-0.3, -0.25) is 14.9 Å². The van der Waals surface area contributed by atoms with E-state index >= 15 is 0 Å². The highest BCUT2D eigenvalue weighted by Crippen LogP contribution is 2.34. The number of carbonyl (C=O) groups excluding carboxylic acids is 1. The molecular formula is C13H7ClFNO4. The Labute approximate surface area is 117 Å². The third kappa shape index (κ3) is 2.75. The smallest absolute Gasteiger partial charge is 0.271 e. The number of ether oxygens (including phenoxy) is 1. The number of nitro groups is 1. The molecule has 2 rings (SSSR count). The lowest BCUT2D eigenvalue weighted by Gasteiger charge is -2.10. The van der Waals surface area contributed by atoms with Crippen molar-refractivity contribution in [2.45, 2.75) is 0 Å². The predicted molar refractivity (Wildman–Crippen MR) is 70.0 cm³/mol. The van der Waals surface area contributed by atoms with Gasteiger partial charge in [-0.25, -0.2) is 4.39 Å². The SMILES string of the molecule is O=Cc1cccc(F)c1Oc1ccc([N+](=O)[O-])cc1Cl. The van der Waals surface area contributed by atoms with Crippen molar-refractivity contribution < 1.29 is 18.8 Å². The molecule has 0 heterocycles. The molecule has 0 unspecified atom stereocenters. The molecule has 0 aliphatic heterocycles. The fourth-order valence-electron chi connectivity index (χ4n) is 1.52. The molecule has 2 aromatic carbocycles. The van der Waals surface area contributed by atoms with E-state index in [0.29, 0.717) is 6.29 Å². The second-order valence-electron chi connectivity index (χ2n) is 3.75. The van der Waals surface area contributed by atoms with Crippen LogP contribution in [0.2, 0.25) is 5.02 Å². The molecule has 0 aliphatic carbocycles. The van der Waals surface area contributed by atoms with E-state index in [1.165, 1.54) is 24.3 Å². The van der Waals surface area contributed by atoms with Crippen molar-refractivity contribution in [3.8, 4) is 11.5 Å². The Morgan fingerprint density at radius 1 is 1.30 bits per heavy atom. The average Bonchev–Trinajstić information content (AvgIpc) is 2.42. The van der Waals surface area contributed by atoms with Gasteiger partial charge in [0.2, 0.25) is 0 Å². The first-order chi connectivity index (χ1) is 9.52. The lowest BCUT2D eigenvalue weighted by atomic mass is 10.2. The first kappa shape index (κ1) is 14.0. The van der Waals surface area contributed by atoms with Crippen LogP contribution in [-0.2, 0) is 0 Å². The summed E-state index contributed by atoms with van der Waals surface area (Å²) in [5, 5.41) is 10.5. The van der Waals surface area contributed by atoms with Crippen molar-refractivity contribution in [3.05, 3.63) is 62.9 Å². The van der Waals surface area contributed by atoms with Gasteiger partial charge in [0.25, 0.3) is 5.69 Å². The van der Waals surface area contributed by atoms with Crippen LogP contribution in [0.5, 0.6) is 11.5 Å². The zero-order valence-electron chi connectivity index (χ0n) is 9.88. The number of benzene rings is 2.